The van der Waals surface area contributed by atoms with Crippen molar-refractivity contribution in [3.05, 3.63) is 58.0 Å². The number of aryl methyl sites for hydroxylation is 1. The van der Waals surface area contributed by atoms with Crippen LogP contribution in [0.25, 0.3) is 0 Å². The number of halogens is 1. The first-order chi connectivity index (χ1) is 7.18. The zero-order valence-electron chi connectivity index (χ0n) is 8.16. The Morgan fingerprint density at radius 2 is 2.13 bits per heavy atom. The Balaban J connectivity index is 2.39. The first-order valence-electron chi connectivity index (χ1n) is 4.53. The normalized spacial score (nSPS) is 10.3. The van der Waals surface area contributed by atoms with Crippen molar-refractivity contribution in [3.8, 4) is 0 Å². The Bertz CT molecular complexity index is 486. The van der Waals surface area contributed by atoms with Crippen molar-refractivity contribution in [1.82, 2.24) is 0 Å². The fraction of sp³-hybridized carbons (Fsp3) is 0.0833. The molecule has 1 heterocycles. The number of hydrogen-bond acceptors (Lipinski definition) is 2. The lowest BCUT2D eigenvalue weighted by Gasteiger charge is -2.01. The van der Waals surface area contributed by atoms with Gasteiger partial charge in [0.25, 0.3) is 0 Å². The fourth-order valence-electron chi connectivity index (χ4n) is 1.28. The minimum atomic E-state index is -0.0966. The van der Waals surface area contributed by atoms with E-state index in [0.717, 1.165) is 10.0 Å². The van der Waals surface area contributed by atoms with Gasteiger partial charge in [-0.2, -0.15) is 0 Å². The highest BCUT2D eigenvalue weighted by Crippen LogP contribution is 2.19. The minimum Gasteiger partial charge on any atom is -0.461 e. The molecule has 0 radical (unpaired) electrons. The molecule has 0 saturated heterocycles. The Morgan fingerprint density at radius 3 is 2.73 bits per heavy atom. The van der Waals surface area contributed by atoms with Crippen molar-refractivity contribution >= 4 is 21.7 Å². The summed E-state index contributed by atoms with van der Waals surface area (Å²) in [5.74, 6) is 0.270. The molecule has 0 bridgehead atoms. The quantitative estimate of drug-likeness (QED) is 0.777. The minimum absolute atomic E-state index is 0.0966. The molecule has 0 spiro atoms. The molecule has 0 aliphatic rings. The lowest BCUT2D eigenvalue weighted by Crippen LogP contribution is -1.99. The van der Waals surface area contributed by atoms with Gasteiger partial charge in [-0.1, -0.05) is 28.1 Å². The van der Waals surface area contributed by atoms with E-state index in [1.807, 2.05) is 13.0 Å². The maximum atomic E-state index is 11.9. The van der Waals surface area contributed by atoms with E-state index in [0.29, 0.717) is 11.3 Å². The van der Waals surface area contributed by atoms with Gasteiger partial charge >= 0.3 is 0 Å². The summed E-state index contributed by atoms with van der Waals surface area (Å²) in [5.41, 5.74) is 1.73. The molecule has 1 aromatic carbocycles. The van der Waals surface area contributed by atoms with Crippen LogP contribution in [0, 0.1) is 6.92 Å². The first kappa shape index (κ1) is 10.2. The molecule has 0 aliphatic heterocycles. The van der Waals surface area contributed by atoms with E-state index >= 15 is 0 Å². The molecular weight excluding hydrogens is 256 g/mol. The van der Waals surface area contributed by atoms with Crippen LogP contribution in [0.3, 0.4) is 0 Å². The number of carbonyl (C=O) groups is 1. The average molecular weight is 265 g/mol. The Kier molecular flexibility index (Phi) is 2.73. The highest BCUT2D eigenvalue weighted by molar-refractivity contribution is 9.10. The molecule has 2 aromatic rings. The van der Waals surface area contributed by atoms with Crippen molar-refractivity contribution in [3.63, 3.8) is 0 Å². The molecule has 3 heteroatoms. The molecule has 0 aliphatic carbocycles. The molecule has 2 nitrogen and oxygen atoms in total. The van der Waals surface area contributed by atoms with Gasteiger partial charge in [0, 0.05) is 10.0 Å². The summed E-state index contributed by atoms with van der Waals surface area (Å²) in [6.45, 7) is 1.98. The van der Waals surface area contributed by atoms with Gasteiger partial charge < -0.3 is 4.42 Å². The molecule has 0 amide bonds. The highest BCUT2D eigenvalue weighted by Gasteiger charge is 2.12. The summed E-state index contributed by atoms with van der Waals surface area (Å²) in [5, 5.41) is 0. The van der Waals surface area contributed by atoms with E-state index in [1.54, 1.807) is 24.3 Å². The van der Waals surface area contributed by atoms with Gasteiger partial charge in [0.2, 0.25) is 5.78 Å². The first-order valence-corrected chi connectivity index (χ1v) is 5.32. The van der Waals surface area contributed by atoms with E-state index < -0.39 is 0 Å². The zero-order valence-corrected chi connectivity index (χ0v) is 9.74. The standard InChI is InChI=1S/C12H9BrO2/c1-8-4-5-9(7-10(8)13)12(14)11-3-2-6-15-11/h2-7H,1H3. The van der Waals surface area contributed by atoms with Crippen LogP contribution in [0.5, 0.6) is 0 Å². The number of carbonyl (C=O) groups excluding carboxylic acids is 1. The molecule has 0 unspecified atom stereocenters. The van der Waals surface area contributed by atoms with Crippen LogP contribution in [0.15, 0.2) is 45.5 Å². The molecule has 1 aromatic heterocycles. The summed E-state index contributed by atoms with van der Waals surface area (Å²) in [6.07, 6.45) is 1.50. The van der Waals surface area contributed by atoms with Crippen LogP contribution in [-0.4, -0.2) is 5.78 Å². The second kappa shape index (κ2) is 4.03. The van der Waals surface area contributed by atoms with E-state index in [9.17, 15) is 4.79 Å². The van der Waals surface area contributed by atoms with Crippen LogP contribution >= 0.6 is 15.9 Å². The predicted octanol–water partition coefficient (Wildman–Crippen LogP) is 3.58. The summed E-state index contributed by atoms with van der Waals surface area (Å²) in [7, 11) is 0. The van der Waals surface area contributed by atoms with E-state index in [4.69, 9.17) is 4.42 Å². The van der Waals surface area contributed by atoms with E-state index in [1.165, 1.54) is 6.26 Å². The zero-order chi connectivity index (χ0) is 10.8. The average Bonchev–Trinajstić information content (AvgIpc) is 2.74. The highest BCUT2D eigenvalue weighted by atomic mass is 79.9. The number of ketones is 1. The van der Waals surface area contributed by atoms with Gasteiger partial charge in [0.15, 0.2) is 5.76 Å². The Morgan fingerprint density at radius 1 is 1.33 bits per heavy atom. The molecule has 0 atom stereocenters. The van der Waals surface area contributed by atoms with Gasteiger partial charge in [-0.25, -0.2) is 0 Å². The third kappa shape index (κ3) is 2.02. The van der Waals surface area contributed by atoms with Gasteiger partial charge in [-0.15, -0.1) is 0 Å². The summed E-state index contributed by atoms with van der Waals surface area (Å²) in [6, 6.07) is 8.87. The van der Waals surface area contributed by atoms with Crippen molar-refractivity contribution < 1.29 is 9.21 Å². The van der Waals surface area contributed by atoms with E-state index in [-0.39, 0.29) is 5.78 Å². The van der Waals surface area contributed by atoms with Gasteiger partial charge in [0.1, 0.15) is 0 Å². The maximum Gasteiger partial charge on any atom is 0.228 e. The van der Waals surface area contributed by atoms with Crippen molar-refractivity contribution in [1.29, 1.82) is 0 Å². The Labute approximate surface area is 96.0 Å². The lowest BCUT2D eigenvalue weighted by molar-refractivity contribution is 0.101. The van der Waals surface area contributed by atoms with Crippen molar-refractivity contribution in [2.24, 2.45) is 0 Å². The summed E-state index contributed by atoms with van der Waals surface area (Å²) in [4.78, 5) is 11.9. The lowest BCUT2D eigenvalue weighted by atomic mass is 10.1. The van der Waals surface area contributed by atoms with Crippen LogP contribution in [0.4, 0.5) is 0 Å². The number of rotatable bonds is 2. The number of furan rings is 1. The number of hydrogen-bond donors (Lipinski definition) is 0. The van der Waals surface area contributed by atoms with Gasteiger partial charge in [0.05, 0.1) is 6.26 Å². The van der Waals surface area contributed by atoms with Crippen LogP contribution in [-0.2, 0) is 0 Å². The van der Waals surface area contributed by atoms with Crippen LogP contribution < -0.4 is 0 Å². The predicted molar refractivity (Wildman–Crippen MR) is 61.0 cm³/mol. The third-order valence-corrected chi connectivity index (χ3v) is 3.03. The fourth-order valence-corrected chi connectivity index (χ4v) is 1.66. The summed E-state index contributed by atoms with van der Waals surface area (Å²) >= 11 is 3.39. The number of benzene rings is 1. The van der Waals surface area contributed by atoms with Gasteiger partial charge in [-0.05, 0) is 30.7 Å². The monoisotopic (exact) mass is 264 g/mol. The molecular formula is C12H9BrO2. The van der Waals surface area contributed by atoms with Crippen molar-refractivity contribution in [2.75, 3.05) is 0 Å². The largest absolute Gasteiger partial charge is 0.461 e. The molecule has 0 saturated carbocycles. The second-order valence-corrected chi connectivity index (χ2v) is 4.12. The Hall–Kier alpha value is -1.35. The molecule has 15 heavy (non-hydrogen) atoms. The molecule has 76 valence electrons. The SMILES string of the molecule is Cc1ccc(C(=O)c2ccco2)cc1Br. The van der Waals surface area contributed by atoms with Gasteiger partial charge in [-0.3, -0.25) is 4.79 Å². The molecule has 0 N–H and O–H groups in total. The summed E-state index contributed by atoms with van der Waals surface area (Å²) < 4.78 is 5.99. The molecule has 2 rings (SSSR count). The van der Waals surface area contributed by atoms with Crippen molar-refractivity contribution in [2.45, 2.75) is 6.92 Å². The second-order valence-electron chi connectivity index (χ2n) is 3.27. The molecule has 0 fully saturated rings. The topological polar surface area (TPSA) is 30.2 Å². The van der Waals surface area contributed by atoms with Crippen LogP contribution in [0.1, 0.15) is 21.7 Å². The van der Waals surface area contributed by atoms with E-state index in [2.05, 4.69) is 15.9 Å². The maximum absolute atomic E-state index is 11.9. The third-order valence-electron chi connectivity index (χ3n) is 2.18. The smallest absolute Gasteiger partial charge is 0.228 e. The van der Waals surface area contributed by atoms with Crippen LogP contribution in [0.2, 0.25) is 0 Å².